The molecule has 3 saturated carbocycles. The van der Waals surface area contributed by atoms with Crippen molar-refractivity contribution in [1.29, 1.82) is 0 Å². The lowest BCUT2D eigenvalue weighted by Gasteiger charge is -2.45. The fraction of sp³-hybridized carbons (Fsp3) is 0.905. The zero-order valence-corrected chi connectivity index (χ0v) is 31.6. The highest BCUT2D eigenvalue weighted by molar-refractivity contribution is 5.84. The van der Waals surface area contributed by atoms with E-state index < -0.39 is 24.2 Å². The van der Waals surface area contributed by atoms with Crippen LogP contribution in [0.15, 0.2) is 0 Å². The lowest BCUT2D eigenvalue weighted by molar-refractivity contribution is -0.713. The maximum absolute atomic E-state index is 13.7. The van der Waals surface area contributed by atoms with Crippen LogP contribution in [-0.4, -0.2) is 83.7 Å². The number of quaternary nitrogens is 2. The van der Waals surface area contributed by atoms with Gasteiger partial charge in [-0.3, -0.25) is 15.3 Å². The zero-order chi connectivity index (χ0) is 36.0. The number of aliphatic hydroxyl groups excluding tert-OH is 3. The summed E-state index contributed by atoms with van der Waals surface area (Å²) in [6.07, 6.45) is 17.4. The molecule has 5 fully saturated rings. The van der Waals surface area contributed by atoms with Crippen LogP contribution in [0.4, 0.5) is 0 Å². The molecule has 0 aromatic rings. The molecule has 9 heteroatoms. The van der Waals surface area contributed by atoms with Crippen LogP contribution in [-0.2, 0) is 14.3 Å². The summed E-state index contributed by atoms with van der Waals surface area (Å²) in [5.41, 5.74) is 6.48. The van der Waals surface area contributed by atoms with Crippen LogP contribution in [0.1, 0.15) is 135 Å². The minimum absolute atomic E-state index is 0.0429. The number of methoxy groups -OCH3 is 1. The molecule has 2 heterocycles. The van der Waals surface area contributed by atoms with Gasteiger partial charge in [-0.2, -0.15) is 0 Å². The van der Waals surface area contributed by atoms with Crippen LogP contribution in [0.25, 0.3) is 0 Å². The Balaban J connectivity index is 1.08. The molecule has 0 radical (unpaired) electrons. The maximum atomic E-state index is 13.7. The summed E-state index contributed by atoms with van der Waals surface area (Å²) in [4.78, 5) is 25.8. The third-order valence-electron chi connectivity index (χ3n) is 15.0. The predicted octanol–water partition coefficient (Wildman–Crippen LogP) is 2.58. The maximum Gasteiger partial charge on any atom is 0.150 e. The van der Waals surface area contributed by atoms with Gasteiger partial charge in [-0.1, -0.05) is 31.1 Å². The first kappa shape index (κ1) is 39.3. The van der Waals surface area contributed by atoms with E-state index in [4.69, 9.17) is 10.5 Å². The molecule has 0 bridgehead atoms. The van der Waals surface area contributed by atoms with Gasteiger partial charge in [-0.15, -0.1) is 0 Å². The summed E-state index contributed by atoms with van der Waals surface area (Å²) in [5.74, 6) is 8.87. The largest absolute Gasteiger partial charge is 0.393 e. The second kappa shape index (κ2) is 18.3. The van der Waals surface area contributed by atoms with E-state index in [1.54, 1.807) is 7.11 Å². The zero-order valence-electron chi connectivity index (χ0n) is 31.6. The molecule has 0 aromatic heterocycles. The molecule has 0 aromatic carbocycles. The number of nitrogens with two attached hydrogens (primary N) is 3. The number of rotatable bonds is 13. The van der Waals surface area contributed by atoms with Crippen LogP contribution < -0.4 is 16.4 Å². The standard InChI is InChI=1S/C42H69N3O6/c1-51-40-23-29-10-15-38(49)34(14-9-28(35(29)25-39(40)50)7-12-32(46)11-6-27-16-20-44-41(43)21-27)37(48)5-4-19-42(17-2-3-18-42)31-22-30-8-13-33(47)24-36(30)45-26-31/h27-32,34-37,39-41,44-46,48,50H,2-8,10-13,15-26,43H2,1H3/p+2/t27?,28-,29?,30+,31-,32-,34-,35?,36-,37-,39?,40?,41?/m1/s1. The first-order valence-electron chi connectivity index (χ1n) is 21.2. The van der Waals surface area contributed by atoms with Gasteiger partial charge in [0.25, 0.3) is 0 Å². The normalized spacial score (nSPS) is 39.7. The van der Waals surface area contributed by atoms with E-state index in [2.05, 4.69) is 22.5 Å². The van der Waals surface area contributed by atoms with E-state index in [0.29, 0.717) is 67.1 Å². The molecule has 13 atom stereocenters. The fourth-order valence-electron chi connectivity index (χ4n) is 11.9. The summed E-state index contributed by atoms with van der Waals surface area (Å²) in [6, 6.07) is 0.482. The van der Waals surface area contributed by atoms with Gasteiger partial charge in [0.1, 0.15) is 23.7 Å². The van der Waals surface area contributed by atoms with E-state index >= 15 is 0 Å². The van der Waals surface area contributed by atoms with Crippen molar-refractivity contribution >= 4 is 11.6 Å². The second-order valence-electron chi connectivity index (χ2n) is 18.1. The van der Waals surface area contributed by atoms with Crippen LogP contribution in [0.5, 0.6) is 0 Å². The average molecular weight is 714 g/mol. The van der Waals surface area contributed by atoms with Gasteiger partial charge in [0, 0.05) is 44.1 Å². The Kier molecular flexibility index (Phi) is 14.1. The van der Waals surface area contributed by atoms with E-state index in [9.17, 15) is 24.9 Å². The Morgan fingerprint density at radius 1 is 0.941 bits per heavy atom. The van der Waals surface area contributed by atoms with Crippen molar-refractivity contribution < 1.29 is 40.3 Å². The van der Waals surface area contributed by atoms with Gasteiger partial charge >= 0.3 is 0 Å². The van der Waals surface area contributed by atoms with E-state index in [-0.39, 0.29) is 35.8 Å². The lowest BCUT2D eigenvalue weighted by atomic mass is 9.63. The number of carbonyl (C=O) groups is 2. The Morgan fingerprint density at radius 2 is 1.73 bits per heavy atom. The van der Waals surface area contributed by atoms with E-state index in [1.807, 2.05) is 0 Å². The van der Waals surface area contributed by atoms with Gasteiger partial charge in [0.2, 0.25) is 0 Å². The first-order valence-corrected chi connectivity index (χ1v) is 21.2. The molecule has 9 nitrogen and oxygen atoms in total. The Labute approximate surface area is 307 Å². The van der Waals surface area contributed by atoms with Crippen LogP contribution in [0.2, 0.25) is 0 Å². The smallest absolute Gasteiger partial charge is 0.150 e. The molecular weight excluding hydrogens is 642 g/mol. The molecule has 4 aliphatic carbocycles. The minimum Gasteiger partial charge on any atom is -0.393 e. The van der Waals surface area contributed by atoms with Gasteiger partial charge in [0.05, 0.1) is 50.0 Å². The Morgan fingerprint density at radius 3 is 2.51 bits per heavy atom. The quantitative estimate of drug-likeness (QED) is 0.160. The molecule has 0 spiro atoms. The molecular formula is C42H71N3O6+2. The highest BCUT2D eigenvalue weighted by Crippen LogP contribution is 2.51. The lowest BCUT2D eigenvalue weighted by Crippen LogP contribution is -2.95. The summed E-state index contributed by atoms with van der Waals surface area (Å²) in [6.45, 7) is 2.18. The van der Waals surface area contributed by atoms with Crippen molar-refractivity contribution in [3.05, 3.63) is 0 Å². The topological polar surface area (TPSA) is 163 Å². The number of ether oxygens (including phenoxy) is 1. The summed E-state index contributed by atoms with van der Waals surface area (Å²) >= 11 is 0. The third kappa shape index (κ3) is 10.0. The van der Waals surface area contributed by atoms with Crippen molar-refractivity contribution in [2.24, 2.45) is 52.6 Å². The number of aliphatic hydroxyl groups is 3. The first-order chi connectivity index (χ1) is 24.6. The number of ketones is 2. The van der Waals surface area contributed by atoms with Gasteiger partial charge in [-0.05, 0) is 113 Å². The molecule has 0 amide bonds. The van der Waals surface area contributed by atoms with Crippen molar-refractivity contribution in [2.75, 3.05) is 20.2 Å². The molecule has 51 heavy (non-hydrogen) atoms. The molecule has 6 rings (SSSR count). The summed E-state index contributed by atoms with van der Waals surface area (Å²) in [5, 5.41) is 38.4. The molecule has 6 unspecified atom stereocenters. The number of hydrogen-bond donors (Lipinski definition) is 6. The van der Waals surface area contributed by atoms with Crippen molar-refractivity contribution in [2.45, 2.75) is 171 Å². The number of piperidine rings is 2. The molecule has 2 aliphatic heterocycles. The highest BCUT2D eigenvalue weighted by Gasteiger charge is 2.48. The highest BCUT2D eigenvalue weighted by atomic mass is 16.5. The number of Topliss-reactive ketones (excluding diaryl/α,β-unsaturated/α-hetero) is 2. The molecule has 288 valence electrons. The average Bonchev–Trinajstić information content (AvgIpc) is 3.62. The van der Waals surface area contributed by atoms with Crippen molar-refractivity contribution in [3.8, 4) is 11.8 Å². The molecule has 6 aliphatic rings. The minimum atomic E-state index is -0.780. The van der Waals surface area contributed by atoms with E-state index in [1.165, 1.54) is 32.1 Å². The van der Waals surface area contributed by atoms with E-state index in [0.717, 1.165) is 83.7 Å². The van der Waals surface area contributed by atoms with Crippen LogP contribution in [0, 0.1) is 58.7 Å². The van der Waals surface area contributed by atoms with Gasteiger partial charge in [-0.25, -0.2) is 0 Å². The van der Waals surface area contributed by atoms with Crippen LogP contribution >= 0.6 is 0 Å². The Hall–Kier alpha value is -1.38. The van der Waals surface area contributed by atoms with Crippen LogP contribution in [0.3, 0.4) is 0 Å². The number of hydrogen-bond acceptors (Lipinski definition) is 7. The summed E-state index contributed by atoms with van der Waals surface area (Å²) < 4.78 is 5.66. The van der Waals surface area contributed by atoms with Gasteiger partial charge in [0.15, 0.2) is 0 Å². The fourth-order valence-corrected chi connectivity index (χ4v) is 11.9. The summed E-state index contributed by atoms with van der Waals surface area (Å²) in [7, 11) is 1.66. The number of fused-ring (bicyclic) bond motifs is 2. The van der Waals surface area contributed by atoms with Crippen molar-refractivity contribution in [1.82, 2.24) is 0 Å². The monoisotopic (exact) mass is 714 g/mol. The SMILES string of the molecule is COC1CC2CCC(=O)[C@@H]([C@H](O)CCCC3([C@H]4C[NH2+][C@@H]5CC(=O)CC[C@H]5C4)CCCC3)C#C[C@@H](CC[C@H](O)CCC3CC[NH2+]C(N)C3)C2CC1O. The van der Waals surface area contributed by atoms with Gasteiger partial charge < -0.3 is 30.7 Å². The molecule has 2 saturated heterocycles. The van der Waals surface area contributed by atoms with Crippen molar-refractivity contribution in [3.63, 3.8) is 0 Å². The Bertz CT molecular complexity index is 1210. The number of carbonyl (C=O) groups excluding carboxylic acids is 2. The molecule has 9 N–H and O–H groups in total. The third-order valence-corrected chi connectivity index (χ3v) is 15.0. The second-order valence-corrected chi connectivity index (χ2v) is 18.1. The predicted molar refractivity (Wildman–Crippen MR) is 196 cm³/mol.